The van der Waals surface area contributed by atoms with Gasteiger partial charge in [-0.05, 0) is 48.2 Å². The summed E-state index contributed by atoms with van der Waals surface area (Å²) in [6, 6.07) is 12.0. The number of hydrogen-bond acceptors (Lipinski definition) is 4. The Kier molecular flexibility index (Phi) is 4.75. The lowest BCUT2D eigenvalue weighted by Gasteiger charge is -2.51. The Bertz CT molecular complexity index is 1120. The van der Waals surface area contributed by atoms with Crippen molar-refractivity contribution < 1.29 is 17.9 Å². The zero-order valence-corrected chi connectivity index (χ0v) is 19.3. The summed E-state index contributed by atoms with van der Waals surface area (Å²) in [5.41, 5.74) is 0.706. The maximum atomic E-state index is 13.7. The van der Waals surface area contributed by atoms with Crippen LogP contribution >= 0.6 is 11.6 Å². The molecule has 0 spiro atoms. The molecule has 0 saturated carbocycles. The van der Waals surface area contributed by atoms with Crippen molar-refractivity contribution in [2.45, 2.75) is 61.3 Å². The Morgan fingerprint density at radius 2 is 1.77 bits per heavy atom. The van der Waals surface area contributed by atoms with Gasteiger partial charge in [0.2, 0.25) is 5.91 Å². The van der Waals surface area contributed by atoms with Crippen LogP contribution in [-0.2, 0) is 20.0 Å². The first-order valence-electron chi connectivity index (χ1n) is 9.95. The van der Waals surface area contributed by atoms with Crippen LogP contribution in [0.3, 0.4) is 0 Å². The van der Waals surface area contributed by atoms with Crippen LogP contribution in [0.4, 0.5) is 0 Å². The van der Waals surface area contributed by atoms with E-state index < -0.39 is 32.6 Å². The van der Waals surface area contributed by atoms with Gasteiger partial charge in [0.05, 0.1) is 4.90 Å². The van der Waals surface area contributed by atoms with Crippen molar-refractivity contribution in [1.82, 2.24) is 4.90 Å². The number of sulfone groups is 1. The third-order valence-corrected chi connectivity index (χ3v) is 8.70. The molecule has 1 saturated heterocycles. The number of carbonyl (C=O) groups is 1. The van der Waals surface area contributed by atoms with Crippen molar-refractivity contribution in [3.05, 3.63) is 58.6 Å². The molecule has 0 unspecified atom stereocenters. The lowest BCUT2D eigenvalue weighted by molar-refractivity contribution is -0.159. The fraction of sp³-hybridized carbons (Fsp3) is 0.435. The van der Waals surface area contributed by atoms with Gasteiger partial charge in [-0.25, -0.2) is 8.42 Å². The summed E-state index contributed by atoms with van der Waals surface area (Å²) in [4.78, 5) is 14.9. The smallest absolute Gasteiger partial charge is 0.244 e. The summed E-state index contributed by atoms with van der Waals surface area (Å²) in [7, 11) is -2.33. The molecule has 1 amide bonds. The largest absolute Gasteiger partial charge is 0.468 e. The maximum absolute atomic E-state index is 13.7. The number of amides is 1. The summed E-state index contributed by atoms with van der Waals surface area (Å²) in [6.45, 7) is 8.02. The normalized spacial score (nSPS) is 26.2. The van der Waals surface area contributed by atoms with Crippen LogP contribution in [0.1, 0.15) is 51.2 Å². The topological polar surface area (TPSA) is 63.7 Å². The molecule has 0 aromatic heterocycles. The highest BCUT2D eigenvalue weighted by molar-refractivity contribution is 7.92. The van der Waals surface area contributed by atoms with E-state index in [-0.39, 0.29) is 10.3 Å². The standard InChI is InChI=1S/C23H26ClNO4S/c1-22(2,3)14-6-9-16(10-7-14)30(27,28)20-18-13-23(4,25(5)21(20)26)29-19-11-8-15(24)12-17(18)19/h6-12,18,20H,13H2,1-5H3/t18-,20+,23+/m0/s1. The van der Waals surface area contributed by atoms with Crippen molar-refractivity contribution >= 4 is 27.3 Å². The van der Waals surface area contributed by atoms with Crippen LogP contribution in [0.25, 0.3) is 0 Å². The second-order valence-electron chi connectivity index (χ2n) is 9.41. The quantitative estimate of drug-likeness (QED) is 0.678. The van der Waals surface area contributed by atoms with Gasteiger partial charge in [0, 0.05) is 30.0 Å². The number of rotatable bonds is 2. The molecule has 3 atom stereocenters. The van der Waals surface area contributed by atoms with E-state index in [1.165, 1.54) is 4.90 Å². The predicted molar refractivity (Wildman–Crippen MR) is 117 cm³/mol. The van der Waals surface area contributed by atoms with Crippen LogP contribution in [0, 0.1) is 0 Å². The zero-order valence-electron chi connectivity index (χ0n) is 17.8. The lowest BCUT2D eigenvalue weighted by atomic mass is 9.80. The van der Waals surface area contributed by atoms with Gasteiger partial charge in [0.15, 0.2) is 20.8 Å². The summed E-state index contributed by atoms with van der Waals surface area (Å²) >= 11 is 6.19. The van der Waals surface area contributed by atoms with Gasteiger partial charge >= 0.3 is 0 Å². The molecule has 0 aliphatic carbocycles. The van der Waals surface area contributed by atoms with Crippen LogP contribution < -0.4 is 4.74 Å². The zero-order chi connectivity index (χ0) is 22.1. The summed E-state index contributed by atoms with van der Waals surface area (Å²) in [5.74, 6) is -0.423. The van der Waals surface area contributed by atoms with Crippen LogP contribution in [0.5, 0.6) is 5.75 Å². The van der Waals surface area contributed by atoms with Crippen LogP contribution in [-0.4, -0.2) is 37.2 Å². The molecule has 2 aliphatic rings. The molecule has 5 nitrogen and oxygen atoms in total. The Labute approximate surface area is 182 Å². The average molecular weight is 448 g/mol. The Morgan fingerprint density at radius 1 is 1.13 bits per heavy atom. The monoisotopic (exact) mass is 447 g/mol. The second-order valence-corrected chi connectivity index (χ2v) is 11.9. The number of fused-ring (bicyclic) bond motifs is 4. The van der Waals surface area contributed by atoms with E-state index in [2.05, 4.69) is 20.8 Å². The van der Waals surface area contributed by atoms with Crippen molar-refractivity contribution in [2.24, 2.45) is 0 Å². The third-order valence-electron chi connectivity index (χ3n) is 6.33. The molecule has 30 heavy (non-hydrogen) atoms. The Balaban J connectivity index is 1.84. The van der Waals surface area contributed by atoms with E-state index in [0.29, 0.717) is 22.8 Å². The molecule has 0 N–H and O–H groups in total. The highest BCUT2D eigenvalue weighted by atomic mass is 35.5. The van der Waals surface area contributed by atoms with Crippen LogP contribution in [0.15, 0.2) is 47.4 Å². The van der Waals surface area contributed by atoms with E-state index in [1.807, 2.05) is 19.1 Å². The van der Waals surface area contributed by atoms with Gasteiger partial charge < -0.3 is 9.64 Å². The third kappa shape index (κ3) is 3.21. The first kappa shape index (κ1) is 21.2. The van der Waals surface area contributed by atoms with Crippen molar-refractivity contribution in [3.8, 4) is 5.75 Å². The summed E-state index contributed by atoms with van der Waals surface area (Å²) < 4.78 is 33.5. The van der Waals surface area contributed by atoms with Gasteiger partial charge in [-0.3, -0.25) is 4.79 Å². The summed E-state index contributed by atoms with van der Waals surface area (Å²) in [5, 5.41) is -0.741. The van der Waals surface area contributed by atoms with Crippen LogP contribution in [0.2, 0.25) is 5.02 Å². The van der Waals surface area contributed by atoms with Gasteiger partial charge in [-0.2, -0.15) is 0 Å². The Hall–Kier alpha value is -2.05. The molecule has 2 aliphatic heterocycles. The van der Waals surface area contributed by atoms with E-state index >= 15 is 0 Å². The molecule has 160 valence electrons. The van der Waals surface area contributed by atoms with Gasteiger partial charge in [-0.1, -0.05) is 44.5 Å². The Morgan fingerprint density at radius 3 is 2.37 bits per heavy atom. The predicted octanol–water partition coefficient (Wildman–Crippen LogP) is 4.53. The molecule has 2 heterocycles. The van der Waals surface area contributed by atoms with Crippen molar-refractivity contribution in [2.75, 3.05) is 7.05 Å². The first-order valence-corrected chi connectivity index (χ1v) is 11.9. The minimum atomic E-state index is -3.93. The van der Waals surface area contributed by atoms with Crippen molar-refractivity contribution in [3.63, 3.8) is 0 Å². The highest BCUT2D eigenvalue weighted by Crippen LogP contribution is 2.50. The second kappa shape index (κ2) is 6.72. The number of hydrogen-bond donors (Lipinski definition) is 0. The molecule has 0 radical (unpaired) electrons. The van der Waals surface area contributed by atoms with Gasteiger partial charge in [-0.15, -0.1) is 0 Å². The minimum Gasteiger partial charge on any atom is -0.468 e. The lowest BCUT2D eigenvalue weighted by Crippen LogP contribution is -2.64. The molecule has 2 aromatic rings. The number of benzene rings is 2. The number of likely N-dealkylation sites (tertiary alicyclic amines) is 1. The molecule has 7 heteroatoms. The fourth-order valence-electron chi connectivity index (χ4n) is 4.41. The molecule has 2 bridgehead atoms. The minimum absolute atomic E-state index is 0.0959. The molecule has 4 rings (SSSR count). The molecular formula is C23H26ClNO4S. The average Bonchev–Trinajstić information content (AvgIpc) is 2.66. The number of nitrogens with zero attached hydrogens (tertiary/aromatic N) is 1. The fourth-order valence-corrected chi connectivity index (χ4v) is 6.50. The maximum Gasteiger partial charge on any atom is 0.244 e. The van der Waals surface area contributed by atoms with E-state index in [0.717, 1.165) is 5.56 Å². The van der Waals surface area contributed by atoms with Crippen molar-refractivity contribution in [1.29, 1.82) is 0 Å². The SMILES string of the molecule is CN1C(=O)[C@H](S(=O)(=O)c2ccc(C(C)(C)C)cc2)[C@H]2C[C@@]1(C)Oc1ccc(Cl)cc12. The van der Waals surface area contributed by atoms with Gasteiger partial charge in [0.1, 0.15) is 5.75 Å². The van der Waals surface area contributed by atoms with E-state index in [4.69, 9.17) is 16.3 Å². The number of halogens is 1. The highest BCUT2D eigenvalue weighted by Gasteiger charge is 2.57. The number of ether oxygens (including phenoxy) is 1. The summed E-state index contributed by atoms with van der Waals surface area (Å²) in [6.07, 6.45) is 0.382. The van der Waals surface area contributed by atoms with E-state index in [1.54, 1.807) is 37.4 Å². The first-order chi connectivity index (χ1) is 13.8. The molecule has 2 aromatic carbocycles. The molecule has 1 fully saturated rings. The molecular weight excluding hydrogens is 422 g/mol. The van der Waals surface area contributed by atoms with E-state index in [9.17, 15) is 13.2 Å². The number of piperidine rings is 1. The van der Waals surface area contributed by atoms with Gasteiger partial charge in [0.25, 0.3) is 0 Å². The number of carbonyl (C=O) groups excluding carboxylic acids is 1.